The minimum Gasteiger partial charge on any atom is -0.493 e. The minimum atomic E-state index is -1.65. The van der Waals surface area contributed by atoms with Crippen LogP contribution < -0.4 is 10.1 Å². The SMILES string of the molecule is CC1(O)[C@H](O)[C@@H](CO)O[C@H]1n1c(NCc2ccc(-c3ccccc3)c(OCCCCO)c2)nc2ccccc21. The van der Waals surface area contributed by atoms with E-state index in [1.165, 1.54) is 6.92 Å². The summed E-state index contributed by atoms with van der Waals surface area (Å²) < 4.78 is 13.8. The monoisotopic (exact) mass is 533 g/mol. The Labute approximate surface area is 227 Å². The summed E-state index contributed by atoms with van der Waals surface area (Å²) in [7, 11) is 0. The Morgan fingerprint density at radius 2 is 1.79 bits per heavy atom. The molecule has 0 spiro atoms. The molecule has 0 aliphatic carbocycles. The van der Waals surface area contributed by atoms with Gasteiger partial charge in [0.2, 0.25) is 5.95 Å². The second-order valence-electron chi connectivity index (χ2n) is 10.0. The fraction of sp³-hybridized carbons (Fsp3) is 0.367. The average Bonchev–Trinajstić information content (AvgIpc) is 3.43. The fourth-order valence-electron chi connectivity index (χ4n) is 5.00. The van der Waals surface area contributed by atoms with E-state index in [4.69, 9.17) is 19.6 Å². The molecule has 2 heterocycles. The fourth-order valence-corrected chi connectivity index (χ4v) is 5.00. The molecule has 1 saturated heterocycles. The number of para-hydroxylation sites is 2. The number of aliphatic hydroxyl groups excluding tert-OH is 3. The predicted molar refractivity (Wildman–Crippen MR) is 148 cm³/mol. The van der Waals surface area contributed by atoms with Gasteiger partial charge >= 0.3 is 0 Å². The van der Waals surface area contributed by atoms with Crippen molar-refractivity contribution in [1.82, 2.24) is 9.55 Å². The Morgan fingerprint density at radius 3 is 2.54 bits per heavy atom. The number of nitrogens with one attached hydrogen (secondary N) is 1. The van der Waals surface area contributed by atoms with E-state index in [-0.39, 0.29) is 6.61 Å². The number of ether oxygens (including phenoxy) is 2. The lowest BCUT2D eigenvalue weighted by atomic mass is 9.96. The Bertz CT molecular complexity index is 1390. The highest BCUT2D eigenvalue weighted by atomic mass is 16.6. The van der Waals surface area contributed by atoms with E-state index in [1.54, 1.807) is 4.57 Å². The molecule has 206 valence electrons. The van der Waals surface area contributed by atoms with Crippen LogP contribution >= 0.6 is 0 Å². The number of unbranched alkanes of at least 4 members (excludes halogenated alkanes) is 1. The molecule has 0 amide bonds. The van der Waals surface area contributed by atoms with Crippen molar-refractivity contribution < 1.29 is 29.9 Å². The standard InChI is InChI=1S/C30H35N3O6/c1-30(37)27(36)26(19-35)39-28(30)33-24-12-6-5-11-23(24)32-29(33)31-18-20-13-14-22(21-9-3-2-4-10-21)25(17-20)38-16-8-7-15-34/h2-6,9-14,17,26-28,34-37H,7-8,15-16,18-19H2,1H3,(H,31,32)/t26-,27-,28-,30?/m1/s1. The Morgan fingerprint density at radius 1 is 1.03 bits per heavy atom. The minimum absolute atomic E-state index is 0.132. The molecule has 1 aromatic heterocycles. The molecule has 1 fully saturated rings. The zero-order chi connectivity index (χ0) is 27.4. The van der Waals surface area contributed by atoms with Crippen molar-refractivity contribution in [2.75, 3.05) is 25.1 Å². The van der Waals surface area contributed by atoms with E-state index >= 15 is 0 Å². The van der Waals surface area contributed by atoms with Crippen molar-refractivity contribution in [2.45, 2.75) is 50.3 Å². The molecule has 0 saturated carbocycles. The van der Waals surface area contributed by atoms with Gasteiger partial charge in [0.1, 0.15) is 23.6 Å². The molecule has 4 atom stereocenters. The van der Waals surface area contributed by atoms with Gasteiger partial charge in [-0.1, -0.05) is 54.6 Å². The van der Waals surface area contributed by atoms with Crippen LogP contribution in [-0.4, -0.2) is 67.6 Å². The van der Waals surface area contributed by atoms with Crippen LogP contribution in [-0.2, 0) is 11.3 Å². The molecule has 5 N–H and O–H groups in total. The molecule has 0 bridgehead atoms. The van der Waals surface area contributed by atoms with Crippen LogP contribution in [0.25, 0.3) is 22.2 Å². The van der Waals surface area contributed by atoms with Crippen molar-refractivity contribution in [3.8, 4) is 16.9 Å². The largest absolute Gasteiger partial charge is 0.493 e. The number of aliphatic hydroxyl groups is 4. The van der Waals surface area contributed by atoms with Gasteiger partial charge < -0.3 is 35.2 Å². The van der Waals surface area contributed by atoms with Gasteiger partial charge in [0.25, 0.3) is 0 Å². The summed E-state index contributed by atoms with van der Waals surface area (Å²) in [5.41, 5.74) is 2.76. The number of aromatic nitrogens is 2. The first-order chi connectivity index (χ1) is 18.9. The number of hydrogen-bond donors (Lipinski definition) is 5. The highest BCUT2D eigenvalue weighted by molar-refractivity contribution is 5.79. The normalized spacial score (nSPS) is 22.8. The molecule has 4 aromatic rings. The third-order valence-electron chi connectivity index (χ3n) is 7.16. The molecule has 5 rings (SSSR count). The highest BCUT2D eigenvalue weighted by Gasteiger charge is 2.53. The first-order valence-corrected chi connectivity index (χ1v) is 13.2. The number of fused-ring (bicyclic) bond motifs is 1. The van der Waals surface area contributed by atoms with E-state index in [0.29, 0.717) is 31.0 Å². The number of anilines is 1. The maximum Gasteiger partial charge on any atom is 0.206 e. The lowest BCUT2D eigenvalue weighted by Crippen LogP contribution is -2.44. The van der Waals surface area contributed by atoms with Gasteiger partial charge in [0.05, 0.1) is 24.2 Å². The summed E-state index contributed by atoms with van der Waals surface area (Å²) in [6.07, 6.45) is -1.73. The molecular weight excluding hydrogens is 498 g/mol. The average molecular weight is 534 g/mol. The van der Waals surface area contributed by atoms with Crippen molar-refractivity contribution in [2.24, 2.45) is 0 Å². The maximum absolute atomic E-state index is 11.2. The van der Waals surface area contributed by atoms with Gasteiger partial charge in [-0.15, -0.1) is 0 Å². The van der Waals surface area contributed by atoms with Gasteiger partial charge in [0.15, 0.2) is 6.23 Å². The maximum atomic E-state index is 11.2. The van der Waals surface area contributed by atoms with Gasteiger partial charge in [-0.05, 0) is 49.1 Å². The number of hydrogen-bond acceptors (Lipinski definition) is 8. The molecule has 0 radical (unpaired) electrons. The van der Waals surface area contributed by atoms with Gasteiger partial charge in [-0.2, -0.15) is 0 Å². The van der Waals surface area contributed by atoms with E-state index in [0.717, 1.165) is 34.4 Å². The molecule has 9 nitrogen and oxygen atoms in total. The van der Waals surface area contributed by atoms with Crippen molar-refractivity contribution in [3.63, 3.8) is 0 Å². The second kappa shape index (κ2) is 11.7. The van der Waals surface area contributed by atoms with Gasteiger partial charge in [-0.25, -0.2) is 4.98 Å². The van der Waals surface area contributed by atoms with Crippen LogP contribution in [0.3, 0.4) is 0 Å². The summed E-state index contributed by atoms with van der Waals surface area (Å²) in [5, 5.41) is 43.9. The van der Waals surface area contributed by atoms with Crippen molar-refractivity contribution >= 4 is 17.0 Å². The van der Waals surface area contributed by atoms with Crippen LogP contribution in [0, 0.1) is 0 Å². The summed E-state index contributed by atoms with van der Waals surface area (Å²) in [4.78, 5) is 4.73. The van der Waals surface area contributed by atoms with Gasteiger partial charge in [-0.3, -0.25) is 4.57 Å². The predicted octanol–water partition coefficient (Wildman–Crippen LogP) is 3.47. The zero-order valence-corrected chi connectivity index (χ0v) is 21.9. The molecule has 1 unspecified atom stereocenters. The van der Waals surface area contributed by atoms with Crippen LogP contribution in [0.2, 0.25) is 0 Å². The van der Waals surface area contributed by atoms with Crippen LogP contribution in [0.4, 0.5) is 5.95 Å². The van der Waals surface area contributed by atoms with E-state index in [9.17, 15) is 15.3 Å². The number of benzene rings is 3. The van der Waals surface area contributed by atoms with E-state index < -0.39 is 30.6 Å². The van der Waals surface area contributed by atoms with E-state index in [2.05, 4.69) is 5.32 Å². The summed E-state index contributed by atoms with van der Waals surface area (Å²) in [6.45, 7) is 2.12. The molecule has 39 heavy (non-hydrogen) atoms. The number of rotatable bonds is 11. The lowest BCUT2D eigenvalue weighted by Gasteiger charge is -2.29. The molecule has 1 aliphatic rings. The summed E-state index contributed by atoms with van der Waals surface area (Å²) in [5.74, 6) is 1.22. The summed E-state index contributed by atoms with van der Waals surface area (Å²) in [6, 6.07) is 23.6. The number of imidazole rings is 1. The quantitative estimate of drug-likeness (QED) is 0.185. The Kier molecular flexibility index (Phi) is 8.15. The third-order valence-corrected chi connectivity index (χ3v) is 7.16. The Hall–Kier alpha value is -3.47. The van der Waals surface area contributed by atoms with Crippen LogP contribution in [0.5, 0.6) is 5.75 Å². The third kappa shape index (κ3) is 5.50. The van der Waals surface area contributed by atoms with Crippen LogP contribution in [0.15, 0.2) is 72.8 Å². The lowest BCUT2D eigenvalue weighted by molar-refractivity contribution is -0.0939. The molecule has 9 heteroatoms. The smallest absolute Gasteiger partial charge is 0.206 e. The zero-order valence-electron chi connectivity index (χ0n) is 21.9. The van der Waals surface area contributed by atoms with Crippen LogP contribution in [0.1, 0.15) is 31.6 Å². The van der Waals surface area contributed by atoms with Gasteiger partial charge in [0, 0.05) is 18.7 Å². The molecule has 1 aliphatic heterocycles. The van der Waals surface area contributed by atoms with Crippen molar-refractivity contribution in [1.29, 1.82) is 0 Å². The number of nitrogens with zero attached hydrogens (tertiary/aromatic N) is 2. The highest BCUT2D eigenvalue weighted by Crippen LogP contribution is 2.41. The molecule has 3 aromatic carbocycles. The first-order valence-electron chi connectivity index (χ1n) is 13.2. The molecular formula is C30H35N3O6. The Balaban J connectivity index is 1.44. The van der Waals surface area contributed by atoms with E-state index in [1.807, 2.05) is 72.8 Å². The summed E-state index contributed by atoms with van der Waals surface area (Å²) >= 11 is 0. The second-order valence-corrected chi connectivity index (χ2v) is 10.0. The van der Waals surface area contributed by atoms with Crippen molar-refractivity contribution in [3.05, 3.63) is 78.4 Å². The first kappa shape index (κ1) is 27.1. The topological polar surface area (TPSA) is 129 Å².